The third-order valence-electron chi connectivity index (χ3n) is 6.49. The van der Waals surface area contributed by atoms with Crippen LogP contribution in [0.4, 0.5) is 8.78 Å². The molecule has 2 fully saturated rings. The van der Waals surface area contributed by atoms with E-state index >= 15 is 0 Å². The number of amides is 1. The molecule has 4 heterocycles. The minimum Gasteiger partial charge on any atom is -0.442 e. The second-order valence-corrected chi connectivity index (χ2v) is 10.3. The van der Waals surface area contributed by atoms with Crippen LogP contribution < -0.4 is 10.4 Å². The van der Waals surface area contributed by atoms with Gasteiger partial charge in [0.2, 0.25) is 5.06 Å². The maximum atomic E-state index is 15.0. The minimum absolute atomic E-state index is 0.00686. The van der Waals surface area contributed by atoms with Gasteiger partial charge in [0.1, 0.15) is 12.1 Å². The molecule has 0 bridgehead atoms. The van der Waals surface area contributed by atoms with Gasteiger partial charge in [0, 0.05) is 24.7 Å². The Hall–Kier alpha value is -3.90. The average molecular weight is 526 g/mol. The van der Waals surface area contributed by atoms with Gasteiger partial charge in [-0.3, -0.25) is 9.36 Å². The first-order valence-corrected chi connectivity index (χ1v) is 12.3. The third kappa shape index (κ3) is 4.21. The number of carbonyl (C=O) groups is 1. The van der Waals surface area contributed by atoms with Crippen LogP contribution in [0, 0.1) is 24.0 Å². The fourth-order valence-corrected chi connectivity index (χ4v) is 5.32. The van der Waals surface area contributed by atoms with Gasteiger partial charge in [-0.05, 0) is 25.1 Å². The van der Waals surface area contributed by atoms with E-state index in [0.717, 1.165) is 22.1 Å². The van der Waals surface area contributed by atoms with Crippen LogP contribution in [0.2, 0.25) is 0 Å². The molecule has 37 heavy (non-hydrogen) atoms. The van der Waals surface area contributed by atoms with Crippen molar-refractivity contribution in [2.75, 3.05) is 26.3 Å². The van der Waals surface area contributed by atoms with Gasteiger partial charge in [-0.25, -0.2) is 18.6 Å². The van der Waals surface area contributed by atoms with Gasteiger partial charge in [0.15, 0.2) is 16.6 Å². The van der Waals surface area contributed by atoms with Gasteiger partial charge in [0.25, 0.3) is 5.91 Å². The summed E-state index contributed by atoms with van der Waals surface area (Å²) in [5.41, 5.74) is 0.552. The Morgan fingerprint density at radius 3 is 2.65 bits per heavy atom. The Kier molecular flexibility index (Phi) is 5.64. The van der Waals surface area contributed by atoms with Crippen LogP contribution in [-0.4, -0.2) is 56.4 Å². The molecule has 9 nitrogen and oxygen atoms in total. The number of thiazole rings is 1. The molecule has 1 spiro atoms. The summed E-state index contributed by atoms with van der Waals surface area (Å²) in [6.45, 7) is 4.32. The molecule has 2 saturated heterocycles. The second kappa shape index (κ2) is 8.89. The molecule has 4 aromatic rings. The molecule has 2 aliphatic heterocycles. The molecule has 0 aliphatic carbocycles. The molecule has 2 aliphatic rings. The van der Waals surface area contributed by atoms with Crippen LogP contribution in [0.3, 0.4) is 0 Å². The summed E-state index contributed by atoms with van der Waals surface area (Å²) < 4.78 is 42.1. The van der Waals surface area contributed by atoms with E-state index in [0.29, 0.717) is 42.6 Å². The van der Waals surface area contributed by atoms with E-state index in [9.17, 15) is 18.4 Å². The number of benzene rings is 2. The Morgan fingerprint density at radius 2 is 1.95 bits per heavy atom. The molecule has 12 heteroatoms. The molecule has 6 rings (SSSR count). The van der Waals surface area contributed by atoms with Crippen LogP contribution in [-0.2, 0) is 11.3 Å². The quantitative estimate of drug-likeness (QED) is 0.383. The molecule has 0 saturated carbocycles. The second-order valence-electron chi connectivity index (χ2n) is 9.31. The first-order valence-electron chi connectivity index (χ1n) is 11.5. The summed E-state index contributed by atoms with van der Waals surface area (Å²) >= 11 is 1.06. The van der Waals surface area contributed by atoms with Gasteiger partial charge in [-0.15, -0.1) is 0 Å². The van der Waals surface area contributed by atoms with E-state index in [1.54, 1.807) is 30.0 Å². The Bertz CT molecular complexity index is 1570. The predicted octanol–water partition coefficient (Wildman–Crippen LogP) is 3.39. The van der Waals surface area contributed by atoms with Gasteiger partial charge in [-0.2, -0.15) is 9.78 Å². The number of nitrogens with zero attached hydrogens (tertiary/aromatic N) is 5. The van der Waals surface area contributed by atoms with Crippen LogP contribution in [0.1, 0.15) is 21.1 Å². The van der Waals surface area contributed by atoms with Crippen molar-refractivity contribution in [1.29, 1.82) is 0 Å². The maximum absolute atomic E-state index is 15.0. The van der Waals surface area contributed by atoms with Gasteiger partial charge < -0.3 is 14.4 Å². The standard InChI is InChI=1S/C25H21F2N5O4S/c1-15-23(37-21(29-15)22(33)31-10-25(11-31)12-35-13-25)36-20-7-6-17(8-19(20)27)32-24(34)30(14-28-32)9-16-4-2-3-5-18(16)26/h2-8,14H,9-13H2,1H3. The maximum Gasteiger partial charge on any atom is 0.350 e. The molecule has 0 unspecified atom stereocenters. The SMILES string of the molecule is Cc1nc(C(=O)N2CC3(COC3)C2)sc1Oc1ccc(-n2ncn(Cc3ccccc3F)c2=O)cc1F. The molecule has 0 radical (unpaired) electrons. The summed E-state index contributed by atoms with van der Waals surface area (Å²) in [5, 5.41) is 4.63. The number of rotatable bonds is 6. The molecule has 1 amide bonds. The van der Waals surface area contributed by atoms with Crippen molar-refractivity contribution < 1.29 is 23.0 Å². The molecular weight excluding hydrogens is 504 g/mol. The zero-order chi connectivity index (χ0) is 25.7. The van der Waals surface area contributed by atoms with E-state index in [2.05, 4.69) is 10.1 Å². The van der Waals surface area contributed by atoms with Crippen molar-refractivity contribution in [1.82, 2.24) is 24.2 Å². The number of hydrogen-bond acceptors (Lipinski definition) is 7. The first-order chi connectivity index (χ1) is 17.8. The Balaban J connectivity index is 1.17. The summed E-state index contributed by atoms with van der Waals surface area (Å²) in [4.78, 5) is 31.6. The molecule has 2 aromatic heterocycles. The third-order valence-corrected chi connectivity index (χ3v) is 7.51. The van der Waals surface area contributed by atoms with Crippen molar-refractivity contribution in [3.05, 3.63) is 87.2 Å². The summed E-state index contributed by atoms with van der Waals surface area (Å²) in [6, 6.07) is 10.1. The molecular formula is C25H21F2N5O4S. The van der Waals surface area contributed by atoms with E-state index < -0.39 is 17.3 Å². The lowest BCUT2D eigenvalue weighted by atomic mass is 9.78. The van der Waals surface area contributed by atoms with E-state index in [1.165, 1.54) is 29.1 Å². The number of halogens is 2. The van der Waals surface area contributed by atoms with Gasteiger partial charge >= 0.3 is 5.69 Å². The molecule has 0 N–H and O–H groups in total. The topological polar surface area (TPSA) is 91.5 Å². The van der Waals surface area contributed by atoms with Crippen molar-refractivity contribution in [2.24, 2.45) is 5.41 Å². The van der Waals surface area contributed by atoms with Crippen molar-refractivity contribution in [3.63, 3.8) is 0 Å². The number of hydrogen-bond donors (Lipinski definition) is 0. The number of carbonyl (C=O) groups excluding carboxylic acids is 1. The van der Waals surface area contributed by atoms with E-state index in [4.69, 9.17) is 9.47 Å². The zero-order valence-electron chi connectivity index (χ0n) is 19.7. The number of ether oxygens (including phenoxy) is 2. The fraction of sp³-hybridized carbons (Fsp3) is 0.280. The molecule has 2 aromatic carbocycles. The Morgan fingerprint density at radius 1 is 1.16 bits per heavy atom. The van der Waals surface area contributed by atoms with Crippen LogP contribution in [0.5, 0.6) is 10.8 Å². The lowest BCUT2D eigenvalue weighted by Gasteiger charge is -2.54. The van der Waals surface area contributed by atoms with Crippen LogP contribution in [0.25, 0.3) is 5.69 Å². The molecule has 190 valence electrons. The van der Waals surface area contributed by atoms with Gasteiger partial charge in [0.05, 0.1) is 36.6 Å². The van der Waals surface area contributed by atoms with Crippen LogP contribution in [0.15, 0.2) is 53.6 Å². The zero-order valence-corrected chi connectivity index (χ0v) is 20.5. The monoisotopic (exact) mass is 525 g/mol. The van der Waals surface area contributed by atoms with Gasteiger partial charge in [-0.1, -0.05) is 29.5 Å². The highest BCUT2D eigenvalue weighted by molar-refractivity contribution is 7.15. The van der Waals surface area contributed by atoms with Crippen molar-refractivity contribution >= 4 is 17.2 Å². The first kappa shape index (κ1) is 23.5. The highest BCUT2D eigenvalue weighted by Gasteiger charge is 2.51. The number of aromatic nitrogens is 4. The smallest absolute Gasteiger partial charge is 0.350 e. The van der Waals surface area contributed by atoms with E-state index in [-0.39, 0.29) is 34.3 Å². The summed E-state index contributed by atoms with van der Waals surface area (Å²) in [7, 11) is 0. The highest BCUT2D eigenvalue weighted by Crippen LogP contribution is 2.40. The predicted molar refractivity (Wildman–Crippen MR) is 129 cm³/mol. The summed E-state index contributed by atoms with van der Waals surface area (Å²) in [5.74, 6) is -1.41. The number of likely N-dealkylation sites (tertiary alicyclic amines) is 1. The average Bonchev–Trinajstić information content (AvgIpc) is 3.37. The lowest BCUT2D eigenvalue weighted by Crippen LogP contribution is -2.67. The van der Waals surface area contributed by atoms with Crippen molar-refractivity contribution in [2.45, 2.75) is 13.5 Å². The lowest BCUT2D eigenvalue weighted by molar-refractivity contribution is -0.176. The fourth-order valence-electron chi connectivity index (χ4n) is 4.42. The number of aryl methyl sites for hydroxylation is 1. The van der Waals surface area contributed by atoms with Crippen LogP contribution >= 0.6 is 11.3 Å². The normalized spacial score (nSPS) is 15.9. The largest absolute Gasteiger partial charge is 0.442 e. The summed E-state index contributed by atoms with van der Waals surface area (Å²) in [6.07, 6.45) is 1.27. The van der Waals surface area contributed by atoms with Crippen molar-refractivity contribution in [3.8, 4) is 16.5 Å². The van der Waals surface area contributed by atoms with E-state index in [1.807, 2.05) is 0 Å². The highest BCUT2D eigenvalue weighted by atomic mass is 32.1. The Labute approximate surface area is 213 Å². The molecule has 0 atom stereocenters. The minimum atomic E-state index is -0.719.